The van der Waals surface area contributed by atoms with Crippen LogP contribution in [0.15, 0.2) is 10.6 Å². The summed E-state index contributed by atoms with van der Waals surface area (Å²) in [5.74, 6) is 0.974. The van der Waals surface area contributed by atoms with Crippen LogP contribution in [-0.4, -0.2) is 51.8 Å². The normalized spacial score (nSPS) is 23.0. The fourth-order valence-electron chi connectivity index (χ4n) is 3.62. The zero-order valence-corrected chi connectivity index (χ0v) is 13.6. The van der Waals surface area contributed by atoms with Crippen LogP contribution in [0.5, 0.6) is 0 Å². The molecule has 1 aliphatic carbocycles. The van der Waals surface area contributed by atoms with Crippen LogP contribution in [0.1, 0.15) is 67.1 Å². The van der Waals surface area contributed by atoms with Gasteiger partial charge in [0.15, 0.2) is 5.69 Å². The van der Waals surface area contributed by atoms with Crippen molar-refractivity contribution < 1.29 is 18.9 Å². The van der Waals surface area contributed by atoms with E-state index in [1.807, 2.05) is 0 Å². The van der Waals surface area contributed by atoms with E-state index in [-0.39, 0.29) is 23.8 Å². The Kier molecular flexibility index (Phi) is 3.86. The summed E-state index contributed by atoms with van der Waals surface area (Å²) >= 11 is 0. The van der Waals surface area contributed by atoms with E-state index in [0.29, 0.717) is 56.8 Å². The minimum Gasteiger partial charge on any atom is -0.360 e. The molecule has 7 nitrogen and oxygen atoms in total. The first-order valence-corrected chi connectivity index (χ1v) is 8.74. The van der Waals surface area contributed by atoms with Gasteiger partial charge in [0.2, 0.25) is 11.8 Å². The van der Waals surface area contributed by atoms with Crippen LogP contribution in [0, 0.1) is 0 Å². The maximum atomic E-state index is 12.5. The van der Waals surface area contributed by atoms with Crippen molar-refractivity contribution in [2.45, 2.75) is 56.9 Å². The fraction of sp³-hybridized carbons (Fsp3) is 0.647. The number of likely N-dealkylation sites (tertiary alicyclic amines) is 2. The van der Waals surface area contributed by atoms with E-state index < -0.39 is 0 Å². The van der Waals surface area contributed by atoms with Crippen molar-refractivity contribution >= 4 is 17.7 Å². The molecule has 1 saturated carbocycles. The van der Waals surface area contributed by atoms with Crippen molar-refractivity contribution in [3.8, 4) is 0 Å². The van der Waals surface area contributed by atoms with E-state index in [9.17, 15) is 14.4 Å². The van der Waals surface area contributed by atoms with Crippen LogP contribution in [0.25, 0.3) is 0 Å². The second-order valence-corrected chi connectivity index (χ2v) is 6.92. The topological polar surface area (TPSA) is 83.7 Å². The van der Waals surface area contributed by atoms with Crippen molar-refractivity contribution in [3.63, 3.8) is 0 Å². The molecule has 3 fully saturated rings. The summed E-state index contributed by atoms with van der Waals surface area (Å²) in [5.41, 5.74) is 0.362. The molecule has 4 rings (SSSR count). The second kappa shape index (κ2) is 6.03. The molecular formula is C17H21N3O4. The van der Waals surface area contributed by atoms with Crippen LogP contribution < -0.4 is 0 Å². The third-order valence-electron chi connectivity index (χ3n) is 5.16. The molecule has 24 heavy (non-hydrogen) atoms. The Balaban J connectivity index is 1.37. The quantitative estimate of drug-likeness (QED) is 0.787. The average molecular weight is 331 g/mol. The molecule has 7 heteroatoms. The van der Waals surface area contributed by atoms with E-state index in [1.165, 1.54) is 4.90 Å². The summed E-state index contributed by atoms with van der Waals surface area (Å²) in [4.78, 5) is 39.7. The highest BCUT2D eigenvalue weighted by atomic mass is 16.5. The Bertz CT molecular complexity index is 655. The monoisotopic (exact) mass is 331 g/mol. The highest BCUT2D eigenvalue weighted by Gasteiger charge is 2.36. The van der Waals surface area contributed by atoms with Gasteiger partial charge in [-0.15, -0.1) is 0 Å². The molecule has 0 atom stereocenters. The molecule has 0 bridgehead atoms. The van der Waals surface area contributed by atoms with E-state index in [4.69, 9.17) is 4.52 Å². The first-order valence-electron chi connectivity index (χ1n) is 8.74. The van der Waals surface area contributed by atoms with Crippen LogP contribution in [0.2, 0.25) is 0 Å². The van der Waals surface area contributed by atoms with Crippen LogP contribution in [0.3, 0.4) is 0 Å². The number of hydrogen-bond acceptors (Lipinski definition) is 5. The number of carbonyl (C=O) groups is 3. The van der Waals surface area contributed by atoms with Crippen molar-refractivity contribution in [2.75, 3.05) is 13.1 Å². The highest BCUT2D eigenvalue weighted by Crippen LogP contribution is 2.40. The molecule has 3 heterocycles. The van der Waals surface area contributed by atoms with Crippen LogP contribution >= 0.6 is 0 Å². The predicted molar refractivity (Wildman–Crippen MR) is 83.1 cm³/mol. The largest absolute Gasteiger partial charge is 0.360 e. The van der Waals surface area contributed by atoms with Gasteiger partial charge in [0.05, 0.1) is 0 Å². The van der Waals surface area contributed by atoms with Crippen molar-refractivity contribution in [3.05, 3.63) is 17.5 Å². The Labute approximate surface area is 139 Å². The van der Waals surface area contributed by atoms with E-state index >= 15 is 0 Å². The standard InChI is InChI=1S/C17H21N3O4/c21-15-2-1-3-16(22)20(15)12-6-8-19(9-7-12)17(23)13-10-14(24-18-13)11-4-5-11/h10-12H,1-9H2. The van der Waals surface area contributed by atoms with Gasteiger partial charge in [0.1, 0.15) is 5.76 Å². The molecule has 128 valence electrons. The SMILES string of the molecule is O=C(c1cc(C2CC2)on1)N1CCC(N2C(=O)CCCC2=O)CC1. The van der Waals surface area contributed by atoms with Gasteiger partial charge in [-0.05, 0) is 32.1 Å². The van der Waals surface area contributed by atoms with Crippen molar-refractivity contribution in [1.29, 1.82) is 0 Å². The van der Waals surface area contributed by atoms with Gasteiger partial charge < -0.3 is 9.42 Å². The number of imide groups is 1. The number of aromatic nitrogens is 1. The lowest BCUT2D eigenvalue weighted by Gasteiger charge is -2.38. The molecule has 2 aliphatic heterocycles. The van der Waals surface area contributed by atoms with Gasteiger partial charge in [-0.25, -0.2) is 0 Å². The lowest BCUT2D eigenvalue weighted by molar-refractivity contribution is -0.151. The molecule has 0 radical (unpaired) electrons. The van der Waals surface area contributed by atoms with E-state index in [1.54, 1.807) is 11.0 Å². The summed E-state index contributed by atoms with van der Waals surface area (Å²) in [6.45, 7) is 1.07. The maximum Gasteiger partial charge on any atom is 0.276 e. The lowest BCUT2D eigenvalue weighted by atomic mass is 9.99. The van der Waals surface area contributed by atoms with Crippen LogP contribution in [-0.2, 0) is 9.59 Å². The molecule has 0 unspecified atom stereocenters. The predicted octanol–water partition coefficient (Wildman–Crippen LogP) is 1.70. The fourth-order valence-corrected chi connectivity index (χ4v) is 3.62. The number of nitrogens with zero attached hydrogens (tertiary/aromatic N) is 3. The zero-order valence-electron chi connectivity index (χ0n) is 13.6. The number of rotatable bonds is 3. The third-order valence-corrected chi connectivity index (χ3v) is 5.16. The number of carbonyl (C=O) groups excluding carboxylic acids is 3. The summed E-state index contributed by atoms with van der Waals surface area (Å²) in [6, 6.07) is 1.68. The van der Waals surface area contributed by atoms with Gasteiger partial charge in [0, 0.05) is 44.0 Å². The minimum atomic E-state index is -0.125. The van der Waals surface area contributed by atoms with Gasteiger partial charge in [-0.3, -0.25) is 19.3 Å². The van der Waals surface area contributed by atoms with Gasteiger partial charge in [-0.1, -0.05) is 5.16 Å². The molecule has 3 aliphatic rings. The van der Waals surface area contributed by atoms with E-state index in [0.717, 1.165) is 18.6 Å². The first kappa shape index (κ1) is 15.4. The number of hydrogen-bond donors (Lipinski definition) is 0. The zero-order chi connectivity index (χ0) is 16.7. The summed E-state index contributed by atoms with van der Waals surface area (Å²) in [6.07, 6.45) is 5.04. The lowest BCUT2D eigenvalue weighted by Crippen LogP contribution is -2.52. The molecule has 0 aromatic carbocycles. The molecule has 0 N–H and O–H groups in total. The van der Waals surface area contributed by atoms with Gasteiger partial charge in [-0.2, -0.15) is 0 Å². The third kappa shape index (κ3) is 2.83. The Morgan fingerprint density at radius 1 is 1.08 bits per heavy atom. The first-order chi connectivity index (χ1) is 11.6. The molecule has 1 aromatic rings. The summed E-state index contributed by atoms with van der Waals surface area (Å²) in [7, 11) is 0. The average Bonchev–Trinajstić information content (AvgIpc) is 3.32. The molecular weight excluding hydrogens is 310 g/mol. The molecule has 3 amide bonds. The highest BCUT2D eigenvalue weighted by molar-refractivity contribution is 5.98. The van der Waals surface area contributed by atoms with Gasteiger partial charge in [0.25, 0.3) is 5.91 Å². The molecule has 1 aromatic heterocycles. The van der Waals surface area contributed by atoms with Gasteiger partial charge >= 0.3 is 0 Å². The van der Waals surface area contributed by atoms with Crippen molar-refractivity contribution in [1.82, 2.24) is 15.0 Å². The number of piperidine rings is 2. The number of amides is 3. The summed E-state index contributed by atoms with van der Waals surface area (Å²) in [5, 5.41) is 3.90. The second-order valence-electron chi connectivity index (χ2n) is 6.92. The Hall–Kier alpha value is -2.18. The van der Waals surface area contributed by atoms with Crippen LogP contribution in [0.4, 0.5) is 0 Å². The Morgan fingerprint density at radius 2 is 1.75 bits per heavy atom. The smallest absolute Gasteiger partial charge is 0.276 e. The summed E-state index contributed by atoms with van der Waals surface area (Å²) < 4.78 is 5.25. The van der Waals surface area contributed by atoms with Crippen molar-refractivity contribution in [2.24, 2.45) is 0 Å². The molecule has 2 saturated heterocycles. The van der Waals surface area contributed by atoms with E-state index in [2.05, 4.69) is 5.16 Å². The minimum absolute atomic E-state index is 0.0680. The maximum absolute atomic E-state index is 12.5. The molecule has 0 spiro atoms. The Morgan fingerprint density at radius 3 is 2.38 bits per heavy atom.